The third kappa shape index (κ3) is 3.81. The van der Waals surface area contributed by atoms with Gasteiger partial charge in [-0.3, -0.25) is 0 Å². The molecule has 0 heterocycles. The Kier molecular flexibility index (Phi) is 5.78. The van der Waals surface area contributed by atoms with Crippen molar-refractivity contribution < 1.29 is 9.53 Å². The van der Waals surface area contributed by atoms with E-state index in [2.05, 4.69) is 0 Å². The van der Waals surface area contributed by atoms with Crippen molar-refractivity contribution in [3.63, 3.8) is 0 Å². The van der Waals surface area contributed by atoms with Gasteiger partial charge in [-0.05, 0) is 25.0 Å². The summed E-state index contributed by atoms with van der Waals surface area (Å²) in [6.45, 7) is 3.93. The van der Waals surface area contributed by atoms with Crippen LogP contribution in [0.4, 0.5) is 5.69 Å². The van der Waals surface area contributed by atoms with Gasteiger partial charge in [0.05, 0.1) is 7.11 Å². The van der Waals surface area contributed by atoms with Gasteiger partial charge >= 0.3 is 5.97 Å². The van der Waals surface area contributed by atoms with Crippen molar-refractivity contribution in [1.82, 2.24) is 0 Å². The van der Waals surface area contributed by atoms with Gasteiger partial charge in [-0.25, -0.2) is 4.79 Å². The molecule has 0 unspecified atom stereocenters. The third-order valence-corrected chi connectivity index (χ3v) is 3.68. The highest BCUT2D eigenvalue weighted by molar-refractivity contribution is 7.99. The number of carbonyl (C=O) groups excluding carboxylic acids is 1. The number of carbonyl (C=O) groups is 1. The molecule has 4 heteroatoms. The maximum absolute atomic E-state index is 11.4. The molecule has 0 spiro atoms. The molecule has 0 aliphatic heterocycles. The molecule has 0 aliphatic rings. The van der Waals surface area contributed by atoms with Crippen LogP contribution in [-0.2, 0) is 9.53 Å². The number of hydrogen-bond donors (Lipinski definition) is 1. The number of thioether (sulfide) groups is 1. The fourth-order valence-electron chi connectivity index (χ4n) is 1.51. The lowest BCUT2D eigenvalue weighted by atomic mass is 10.2. The number of ether oxygens (including phenoxy) is 1. The zero-order valence-corrected chi connectivity index (χ0v) is 11.8. The van der Waals surface area contributed by atoms with Crippen LogP contribution in [0.1, 0.15) is 18.9 Å². The van der Waals surface area contributed by atoms with Crippen molar-refractivity contribution in [2.24, 2.45) is 0 Å². The highest BCUT2D eigenvalue weighted by Gasteiger charge is 2.07. The summed E-state index contributed by atoms with van der Waals surface area (Å²) in [7, 11) is 1.40. The number of esters is 1. The summed E-state index contributed by atoms with van der Waals surface area (Å²) >= 11 is 1.62. The van der Waals surface area contributed by atoms with Crippen molar-refractivity contribution in [2.75, 3.05) is 18.6 Å². The van der Waals surface area contributed by atoms with E-state index in [1.165, 1.54) is 7.11 Å². The number of benzene rings is 1. The number of anilines is 1. The minimum Gasteiger partial charge on any atom is -0.466 e. The standard InChI is InChI=1S/C14H19NO2S/c1-4-11(14(16)17-3)8-9-18-12-7-5-6-10(2)13(12)15/h5-8H,4,9,15H2,1-3H3. The molecule has 3 nitrogen and oxygen atoms in total. The summed E-state index contributed by atoms with van der Waals surface area (Å²) < 4.78 is 4.71. The predicted octanol–water partition coefficient (Wildman–Crippen LogP) is 3.18. The van der Waals surface area contributed by atoms with Crippen LogP contribution < -0.4 is 5.73 Å². The minimum absolute atomic E-state index is 0.254. The summed E-state index contributed by atoms with van der Waals surface area (Å²) in [6.07, 6.45) is 2.58. The first-order chi connectivity index (χ1) is 8.60. The van der Waals surface area contributed by atoms with Gasteiger partial charge in [0.1, 0.15) is 0 Å². The van der Waals surface area contributed by atoms with E-state index in [4.69, 9.17) is 10.5 Å². The van der Waals surface area contributed by atoms with E-state index in [0.29, 0.717) is 17.7 Å². The molecule has 0 fully saturated rings. The molecule has 98 valence electrons. The molecule has 0 saturated carbocycles. The van der Waals surface area contributed by atoms with Crippen LogP contribution in [0.15, 0.2) is 34.7 Å². The number of nitrogens with two attached hydrogens (primary N) is 1. The molecule has 0 aliphatic carbocycles. The summed E-state index contributed by atoms with van der Waals surface area (Å²) in [5.41, 5.74) is 8.58. The van der Waals surface area contributed by atoms with Crippen molar-refractivity contribution >= 4 is 23.4 Å². The maximum Gasteiger partial charge on any atom is 0.333 e. The molecule has 1 rings (SSSR count). The number of nitrogen functional groups attached to an aromatic ring is 1. The van der Waals surface area contributed by atoms with E-state index in [-0.39, 0.29) is 5.97 Å². The SMILES string of the molecule is CCC(=CCSc1cccc(C)c1N)C(=O)OC. The summed E-state index contributed by atoms with van der Waals surface area (Å²) in [4.78, 5) is 12.4. The molecule has 0 bridgehead atoms. The van der Waals surface area contributed by atoms with E-state index >= 15 is 0 Å². The van der Waals surface area contributed by atoms with Crippen molar-refractivity contribution in [3.8, 4) is 0 Å². The van der Waals surface area contributed by atoms with Gasteiger partial charge in [0, 0.05) is 21.9 Å². The Morgan fingerprint density at radius 3 is 2.83 bits per heavy atom. The molecule has 0 amide bonds. The summed E-state index contributed by atoms with van der Waals surface area (Å²) in [6, 6.07) is 5.96. The zero-order valence-electron chi connectivity index (χ0n) is 11.0. The Morgan fingerprint density at radius 2 is 2.22 bits per heavy atom. The number of para-hydroxylation sites is 1. The van der Waals surface area contributed by atoms with Gasteiger partial charge in [0.25, 0.3) is 0 Å². The van der Waals surface area contributed by atoms with E-state index in [1.807, 2.05) is 38.1 Å². The minimum atomic E-state index is -0.254. The lowest BCUT2D eigenvalue weighted by molar-refractivity contribution is -0.136. The first-order valence-electron chi connectivity index (χ1n) is 5.85. The maximum atomic E-state index is 11.4. The molecule has 0 radical (unpaired) electrons. The Balaban J connectivity index is 2.68. The predicted molar refractivity (Wildman–Crippen MR) is 76.7 cm³/mol. The van der Waals surface area contributed by atoms with Gasteiger partial charge in [-0.1, -0.05) is 25.1 Å². The number of hydrogen-bond acceptors (Lipinski definition) is 4. The lowest BCUT2D eigenvalue weighted by Gasteiger charge is -2.07. The Bertz CT molecular complexity index is 455. The second kappa shape index (κ2) is 7.11. The monoisotopic (exact) mass is 265 g/mol. The van der Waals surface area contributed by atoms with Crippen LogP contribution in [0.25, 0.3) is 0 Å². The molecule has 1 aromatic rings. The molecular weight excluding hydrogens is 246 g/mol. The molecule has 0 saturated heterocycles. The average molecular weight is 265 g/mol. The number of aryl methyl sites for hydroxylation is 1. The Labute approximate surface area is 112 Å². The lowest BCUT2D eigenvalue weighted by Crippen LogP contribution is -2.04. The first kappa shape index (κ1) is 14.6. The number of rotatable bonds is 5. The van der Waals surface area contributed by atoms with Crippen molar-refractivity contribution in [1.29, 1.82) is 0 Å². The normalized spacial score (nSPS) is 11.4. The summed E-state index contributed by atoms with van der Waals surface area (Å²) in [5, 5.41) is 0. The average Bonchev–Trinajstić information content (AvgIpc) is 2.38. The fraction of sp³-hybridized carbons (Fsp3) is 0.357. The van der Waals surface area contributed by atoms with Gasteiger partial charge in [0.2, 0.25) is 0 Å². The van der Waals surface area contributed by atoms with E-state index < -0.39 is 0 Å². The second-order valence-corrected chi connectivity index (χ2v) is 4.93. The van der Waals surface area contributed by atoms with E-state index in [9.17, 15) is 4.79 Å². The van der Waals surface area contributed by atoms with Gasteiger partial charge < -0.3 is 10.5 Å². The quantitative estimate of drug-likeness (QED) is 0.384. The van der Waals surface area contributed by atoms with Gasteiger partial charge in [-0.15, -0.1) is 11.8 Å². The third-order valence-electron chi connectivity index (χ3n) is 2.68. The second-order valence-electron chi connectivity index (χ2n) is 3.87. The topological polar surface area (TPSA) is 52.3 Å². The summed E-state index contributed by atoms with van der Waals surface area (Å²) in [5.74, 6) is 0.460. The van der Waals surface area contributed by atoms with Crippen LogP contribution in [0.3, 0.4) is 0 Å². The van der Waals surface area contributed by atoms with E-state index in [0.717, 1.165) is 16.1 Å². The Morgan fingerprint density at radius 1 is 1.50 bits per heavy atom. The molecule has 0 atom stereocenters. The smallest absolute Gasteiger partial charge is 0.333 e. The van der Waals surface area contributed by atoms with Gasteiger partial charge in [-0.2, -0.15) is 0 Å². The highest BCUT2D eigenvalue weighted by Crippen LogP contribution is 2.27. The van der Waals surface area contributed by atoms with E-state index in [1.54, 1.807) is 11.8 Å². The number of methoxy groups -OCH3 is 1. The molecule has 1 aromatic carbocycles. The van der Waals surface area contributed by atoms with Crippen LogP contribution in [0, 0.1) is 6.92 Å². The van der Waals surface area contributed by atoms with Gasteiger partial charge in [0.15, 0.2) is 0 Å². The molecular formula is C14H19NO2S. The molecule has 2 N–H and O–H groups in total. The fourth-order valence-corrected chi connectivity index (χ4v) is 2.47. The molecule has 0 aromatic heterocycles. The van der Waals surface area contributed by atoms with Crippen LogP contribution >= 0.6 is 11.8 Å². The van der Waals surface area contributed by atoms with Crippen LogP contribution in [0.2, 0.25) is 0 Å². The van der Waals surface area contributed by atoms with Crippen molar-refractivity contribution in [2.45, 2.75) is 25.2 Å². The molecule has 18 heavy (non-hydrogen) atoms. The first-order valence-corrected chi connectivity index (χ1v) is 6.84. The highest BCUT2D eigenvalue weighted by atomic mass is 32.2. The van der Waals surface area contributed by atoms with Crippen molar-refractivity contribution in [3.05, 3.63) is 35.4 Å². The van der Waals surface area contributed by atoms with Crippen LogP contribution in [-0.4, -0.2) is 18.8 Å². The Hall–Kier alpha value is -1.42. The van der Waals surface area contributed by atoms with Crippen LogP contribution in [0.5, 0.6) is 0 Å². The zero-order chi connectivity index (χ0) is 13.5. The largest absolute Gasteiger partial charge is 0.466 e.